The molecular weight excluding hydrogens is 328 g/mol. The van der Waals surface area contributed by atoms with Gasteiger partial charge in [-0.05, 0) is 17.7 Å². The van der Waals surface area contributed by atoms with Crippen LogP contribution in [-0.4, -0.2) is 23.9 Å². The highest BCUT2D eigenvalue weighted by Crippen LogP contribution is 2.24. The van der Waals surface area contributed by atoms with Crippen LogP contribution in [0.2, 0.25) is 0 Å². The summed E-state index contributed by atoms with van der Waals surface area (Å²) in [5.41, 5.74) is 1.29. The molecule has 6 nitrogen and oxygen atoms in total. The molecule has 0 radical (unpaired) electrons. The van der Waals surface area contributed by atoms with E-state index in [0.717, 1.165) is 10.9 Å². The molecule has 122 valence electrons. The van der Waals surface area contributed by atoms with Crippen LogP contribution in [0.25, 0.3) is 10.9 Å². The topological polar surface area (TPSA) is 96.4 Å². The monoisotopic (exact) mass is 342 g/mol. The predicted octanol–water partition coefficient (Wildman–Crippen LogP) is 2.80. The number of benzene rings is 2. The van der Waals surface area contributed by atoms with Crippen LogP contribution in [0.4, 0.5) is 5.69 Å². The Morgan fingerprint density at radius 2 is 1.71 bits per heavy atom. The minimum atomic E-state index is -4.61. The minimum absolute atomic E-state index is 0.186. The number of hydrogen-bond donors (Lipinski definition) is 2. The van der Waals surface area contributed by atoms with Gasteiger partial charge in [0, 0.05) is 5.39 Å². The summed E-state index contributed by atoms with van der Waals surface area (Å²) in [4.78, 5) is 16.6. The second-order valence-electron chi connectivity index (χ2n) is 5.21. The molecule has 0 bridgehead atoms. The number of anilines is 1. The normalized spacial score (nSPS) is 12.7. The van der Waals surface area contributed by atoms with E-state index in [1.54, 1.807) is 24.3 Å². The molecule has 1 heterocycles. The van der Waals surface area contributed by atoms with E-state index in [2.05, 4.69) is 10.3 Å². The van der Waals surface area contributed by atoms with Crippen LogP contribution < -0.4 is 5.32 Å². The largest absolute Gasteiger partial charge is 0.323 e. The Morgan fingerprint density at radius 3 is 2.42 bits per heavy atom. The summed E-state index contributed by atoms with van der Waals surface area (Å²) in [5.74, 6) is -0.846. The summed E-state index contributed by atoms with van der Waals surface area (Å²) in [7, 11) is -4.61. The Morgan fingerprint density at radius 1 is 1.04 bits per heavy atom. The van der Waals surface area contributed by atoms with Crippen molar-refractivity contribution >= 4 is 32.6 Å². The molecule has 0 saturated carbocycles. The van der Waals surface area contributed by atoms with Crippen molar-refractivity contribution in [3.63, 3.8) is 0 Å². The van der Waals surface area contributed by atoms with Gasteiger partial charge < -0.3 is 5.32 Å². The zero-order chi connectivity index (χ0) is 17.2. The van der Waals surface area contributed by atoms with Crippen LogP contribution in [0.15, 0.2) is 66.9 Å². The van der Waals surface area contributed by atoms with E-state index in [0.29, 0.717) is 5.69 Å². The molecule has 0 saturated heterocycles. The van der Waals surface area contributed by atoms with Gasteiger partial charge in [-0.2, -0.15) is 8.42 Å². The van der Waals surface area contributed by atoms with E-state index >= 15 is 0 Å². The number of fused-ring (bicyclic) bond motifs is 1. The molecule has 7 heteroatoms. The molecule has 3 aromatic rings. The Hall–Kier alpha value is -2.77. The fourth-order valence-corrected chi connectivity index (χ4v) is 3.26. The summed E-state index contributed by atoms with van der Waals surface area (Å²) in [6.07, 6.45) is 1.44. The number of hydrogen-bond acceptors (Lipinski definition) is 4. The highest BCUT2D eigenvalue weighted by molar-refractivity contribution is 7.86. The number of amides is 1. The SMILES string of the molecule is O=C(Nc1cnc2ccccc2c1)C(c1ccccc1)S(=O)(=O)O. The molecule has 1 atom stereocenters. The van der Waals surface area contributed by atoms with Crippen LogP contribution in [0, 0.1) is 0 Å². The lowest BCUT2D eigenvalue weighted by Gasteiger charge is -2.14. The average molecular weight is 342 g/mol. The first kappa shape index (κ1) is 16.1. The zero-order valence-corrected chi connectivity index (χ0v) is 13.3. The fourth-order valence-electron chi connectivity index (χ4n) is 2.43. The second kappa shape index (κ2) is 6.38. The van der Waals surface area contributed by atoms with Crippen molar-refractivity contribution in [2.24, 2.45) is 0 Å². The van der Waals surface area contributed by atoms with E-state index in [1.165, 1.54) is 18.3 Å². The first-order valence-electron chi connectivity index (χ1n) is 7.12. The average Bonchev–Trinajstić information content (AvgIpc) is 2.54. The van der Waals surface area contributed by atoms with Crippen LogP contribution in [-0.2, 0) is 14.9 Å². The molecule has 24 heavy (non-hydrogen) atoms. The van der Waals surface area contributed by atoms with Crippen molar-refractivity contribution < 1.29 is 17.8 Å². The number of nitrogens with one attached hydrogen (secondary N) is 1. The highest BCUT2D eigenvalue weighted by atomic mass is 32.2. The quantitative estimate of drug-likeness (QED) is 0.711. The molecule has 0 spiro atoms. The van der Waals surface area contributed by atoms with Crippen molar-refractivity contribution in [2.45, 2.75) is 5.25 Å². The fraction of sp³-hybridized carbons (Fsp3) is 0.0588. The van der Waals surface area contributed by atoms with Crippen molar-refractivity contribution in [3.8, 4) is 0 Å². The van der Waals surface area contributed by atoms with E-state index in [-0.39, 0.29) is 5.56 Å². The number of nitrogens with zero attached hydrogens (tertiary/aromatic N) is 1. The van der Waals surface area contributed by atoms with Crippen LogP contribution >= 0.6 is 0 Å². The Balaban J connectivity index is 1.93. The van der Waals surface area contributed by atoms with Gasteiger partial charge in [-0.25, -0.2) is 0 Å². The van der Waals surface area contributed by atoms with Gasteiger partial charge in [-0.3, -0.25) is 14.3 Å². The lowest BCUT2D eigenvalue weighted by Crippen LogP contribution is -2.27. The minimum Gasteiger partial charge on any atom is -0.323 e. The van der Waals surface area contributed by atoms with Gasteiger partial charge in [-0.1, -0.05) is 48.5 Å². The molecule has 2 aromatic carbocycles. The zero-order valence-electron chi connectivity index (χ0n) is 12.5. The van der Waals surface area contributed by atoms with Crippen LogP contribution in [0.1, 0.15) is 10.8 Å². The third kappa shape index (κ3) is 3.42. The number of para-hydroxylation sites is 1. The Labute approximate surface area is 138 Å². The molecule has 0 aliphatic carbocycles. The second-order valence-corrected chi connectivity index (χ2v) is 6.71. The number of aromatic nitrogens is 1. The summed E-state index contributed by atoms with van der Waals surface area (Å²) in [5, 5.41) is 1.60. The van der Waals surface area contributed by atoms with Crippen LogP contribution in [0.3, 0.4) is 0 Å². The molecule has 0 aliphatic heterocycles. The van der Waals surface area contributed by atoms with Gasteiger partial charge in [0.1, 0.15) is 0 Å². The smallest absolute Gasteiger partial charge is 0.281 e. The lowest BCUT2D eigenvalue weighted by molar-refractivity contribution is -0.116. The summed E-state index contributed by atoms with van der Waals surface area (Å²) < 4.78 is 32.8. The van der Waals surface area contributed by atoms with Gasteiger partial charge in [0.25, 0.3) is 10.1 Å². The Kier molecular flexibility index (Phi) is 4.28. The molecule has 3 rings (SSSR count). The van der Waals surface area contributed by atoms with E-state index in [1.807, 2.05) is 24.3 Å². The van der Waals surface area contributed by atoms with Gasteiger partial charge in [-0.15, -0.1) is 0 Å². The molecule has 2 N–H and O–H groups in total. The van der Waals surface area contributed by atoms with Gasteiger partial charge >= 0.3 is 0 Å². The molecule has 0 aliphatic rings. The lowest BCUT2D eigenvalue weighted by atomic mass is 10.1. The van der Waals surface area contributed by atoms with Crippen LogP contribution in [0.5, 0.6) is 0 Å². The highest BCUT2D eigenvalue weighted by Gasteiger charge is 2.32. The maximum atomic E-state index is 12.4. The number of rotatable bonds is 4. The summed E-state index contributed by atoms with van der Waals surface area (Å²) >= 11 is 0. The van der Waals surface area contributed by atoms with Gasteiger partial charge in [0.05, 0.1) is 17.4 Å². The van der Waals surface area contributed by atoms with E-state index < -0.39 is 21.3 Å². The van der Waals surface area contributed by atoms with Gasteiger partial charge in [0.2, 0.25) is 5.91 Å². The standard InChI is InChI=1S/C17H14N2O4S/c20-17(16(24(21,22)23)12-6-2-1-3-7-12)19-14-10-13-8-4-5-9-15(13)18-11-14/h1-11,16H,(H,19,20)(H,21,22,23). The summed E-state index contributed by atoms with van der Waals surface area (Å²) in [6.45, 7) is 0. The maximum absolute atomic E-state index is 12.4. The van der Waals surface area contributed by atoms with Crippen molar-refractivity contribution in [1.29, 1.82) is 0 Å². The third-order valence-electron chi connectivity index (χ3n) is 3.50. The predicted molar refractivity (Wildman–Crippen MR) is 91.1 cm³/mol. The third-order valence-corrected chi connectivity index (χ3v) is 4.58. The Bertz CT molecular complexity index is 988. The number of carbonyl (C=O) groups excluding carboxylic acids is 1. The first-order valence-corrected chi connectivity index (χ1v) is 8.62. The van der Waals surface area contributed by atoms with Crippen molar-refractivity contribution in [1.82, 2.24) is 4.98 Å². The van der Waals surface area contributed by atoms with E-state index in [9.17, 15) is 17.8 Å². The maximum Gasteiger partial charge on any atom is 0.281 e. The number of carbonyl (C=O) groups is 1. The molecule has 1 unspecified atom stereocenters. The van der Waals surface area contributed by atoms with Crippen molar-refractivity contribution in [2.75, 3.05) is 5.32 Å². The molecule has 1 amide bonds. The molecule has 1 aromatic heterocycles. The van der Waals surface area contributed by atoms with E-state index in [4.69, 9.17) is 0 Å². The molecule has 0 fully saturated rings. The molecular formula is C17H14N2O4S. The summed E-state index contributed by atoms with van der Waals surface area (Å²) in [6, 6.07) is 16.8. The van der Waals surface area contributed by atoms with Crippen molar-refractivity contribution in [3.05, 3.63) is 72.4 Å². The first-order chi connectivity index (χ1) is 11.4. The van der Waals surface area contributed by atoms with Gasteiger partial charge in [0.15, 0.2) is 5.25 Å². The number of pyridine rings is 1.